The minimum atomic E-state index is 0.262. The van der Waals surface area contributed by atoms with Crippen molar-refractivity contribution in [2.45, 2.75) is 32.6 Å². The van der Waals surface area contributed by atoms with Gasteiger partial charge in [-0.1, -0.05) is 38.4 Å². The Bertz CT molecular complexity index is 344. The van der Waals surface area contributed by atoms with E-state index in [1.165, 1.54) is 19.3 Å². The Balaban J connectivity index is 2.36. The van der Waals surface area contributed by atoms with Gasteiger partial charge in [-0.2, -0.15) is 4.98 Å². The van der Waals surface area contributed by atoms with Crippen LogP contribution in [0.4, 0.5) is 0 Å². The molecule has 1 heterocycles. The van der Waals surface area contributed by atoms with Gasteiger partial charge in [0.25, 0.3) is 0 Å². The highest BCUT2D eigenvalue weighted by atomic mass is 32.1. The van der Waals surface area contributed by atoms with Crippen molar-refractivity contribution in [2.24, 2.45) is 5.73 Å². The van der Waals surface area contributed by atoms with Gasteiger partial charge in [-0.15, -0.1) is 0 Å². The molecule has 16 heavy (non-hydrogen) atoms. The minimum Gasteiger partial charge on any atom is -0.463 e. The zero-order valence-electron chi connectivity index (χ0n) is 9.48. The molecule has 0 bridgehead atoms. The number of unbranched alkanes of at least 4 members (excludes halogenated alkanes) is 3. The number of aromatic nitrogens is 2. The number of rotatable bonds is 7. The molecule has 0 aliphatic carbocycles. The lowest BCUT2D eigenvalue weighted by molar-refractivity contribution is 0.281. The van der Waals surface area contributed by atoms with E-state index in [-0.39, 0.29) is 4.99 Å². The lowest BCUT2D eigenvalue weighted by Crippen LogP contribution is -2.13. The molecule has 5 heteroatoms. The van der Waals surface area contributed by atoms with Crippen LogP contribution < -0.4 is 10.5 Å². The van der Waals surface area contributed by atoms with Crippen molar-refractivity contribution in [3.63, 3.8) is 0 Å². The van der Waals surface area contributed by atoms with Gasteiger partial charge < -0.3 is 10.5 Å². The zero-order chi connectivity index (χ0) is 11.8. The van der Waals surface area contributed by atoms with Crippen LogP contribution in [0.25, 0.3) is 0 Å². The Morgan fingerprint density at radius 2 is 2.25 bits per heavy atom. The van der Waals surface area contributed by atoms with Gasteiger partial charge in [-0.25, -0.2) is 4.98 Å². The average molecular weight is 239 g/mol. The van der Waals surface area contributed by atoms with E-state index in [0.717, 1.165) is 6.42 Å². The minimum absolute atomic E-state index is 0.262. The third kappa shape index (κ3) is 4.53. The van der Waals surface area contributed by atoms with Crippen molar-refractivity contribution in [1.82, 2.24) is 9.97 Å². The van der Waals surface area contributed by atoms with E-state index in [4.69, 9.17) is 22.7 Å². The number of nitrogens with two attached hydrogens (primary N) is 1. The Morgan fingerprint density at radius 1 is 1.44 bits per heavy atom. The predicted octanol–water partition coefficient (Wildman–Crippen LogP) is 2.07. The molecule has 1 rings (SSSR count). The molecule has 0 saturated heterocycles. The maximum absolute atomic E-state index is 5.46. The van der Waals surface area contributed by atoms with Gasteiger partial charge in [-0.05, 0) is 12.5 Å². The van der Waals surface area contributed by atoms with E-state index in [0.29, 0.717) is 18.3 Å². The lowest BCUT2D eigenvalue weighted by atomic mass is 10.2. The van der Waals surface area contributed by atoms with Crippen LogP contribution in [0.5, 0.6) is 6.01 Å². The van der Waals surface area contributed by atoms with Crippen LogP contribution in [0.2, 0.25) is 0 Å². The molecule has 2 N–H and O–H groups in total. The summed E-state index contributed by atoms with van der Waals surface area (Å²) < 4.78 is 5.41. The van der Waals surface area contributed by atoms with Crippen molar-refractivity contribution in [1.29, 1.82) is 0 Å². The number of thiocarbonyl (C=S) groups is 1. The normalized spacial score (nSPS) is 10.1. The topological polar surface area (TPSA) is 61.0 Å². The fourth-order valence-corrected chi connectivity index (χ4v) is 1.35. The van der Waals surface area contributed by atoms with Gasteiger partial charge in [0.05, 0.1) is 6.61 Å². The monoisotopic (exact) mass is 239 g/mol. The Kier molecular flexibility index (Phi) is 5.71. The van der Waals surface area contributed by atoms with Crippen LogP contribution in [0.3, 0.4) is 0 Å². The first-order valence-electron chi connectivity index (χ1n) is 5.49. The molecule has 0 radical (unpaired) electrons. The maximum Gasteiger partial charge on any atom is 0.316 e. The lowest BCUT2D eigenvalue weighted by Gasteiger charge is -2.04. The fraction of sp³-hybridized carbons (Fsp3) is 0.545. The molecule has 4 nitrogen and oxygen atoms in total. The third-order valence-corrected chi connectivity index (χ3v) is 2.32. The molecule has 0 aliphatic rings. The van der Waals surface area contributed by atoms with Crippen LogP contribution in [-0.2, 0) is 0 Å². The average Bonchev–Trinajstić information content (AvgIpc) is 2.29. The molecular weight excluding hydrogens is 222 g/mol. The number of ether oxygens (including phenoxy) is 1. The molecule has 0 spiro atoms. The van der Waals surface area contributed by atoms with Crippen LogP contribution in [0, 0.1) is 0 Å². The standard InChI is InChI=1S/C11H17N3OS/c1-2-3-4-5-8-15-11-13-7-6-9(14-11)10(12)16/h6-7H,2-5,8H2,1H3,(H2,12,16). The van der Waals surface area contributed by atoms with Gasteiger partial charge in [0.1, 0.15) is 10.7 Å². The summed E-state index contributed by atoms with van der Waals surface area (Å²) in [5.74, 6) is 0. The largest absolute Gasteiger partial charge is 0.463 e. The smallest absolute Gasteiger partial charge is 0.316 e. The highest BCUT2D eigenvalue weighted by Gasteiger charge is 2.01. The molecule has 0 atom stereocenters. The first-order chi connectivity index (χ1) is 7.74. The molecule has 0 fully saturated rings. The molecule has 0 unspecified atom stereocenters. The second-order valence-corrected chi connectivity index (χ2v) is 3.94. The van der Waals surface area contributed by atoms with E-state index in [1.807, 2.05) is 0 Å². The van der Waals surface area contributed by atoms with Gasteiger partial charge >= 0.3 is 6.01 Å². The van der Waals surface area contributed by atoms with E-state index in [1.54, 1.807) is 12.3 Å². The van der Waals surface area contributed by atoms with Crippen LogP contribution in [0.1, 0.15) is 38.3 Å². The number of nitrogens with zero attached hydrogens (tertiary/aromatic N) is 2. The van der Waals surface area contributed by atoms with Gasteiger partial charge in [-0.3, -0.25) is 0 Å². The Hall–Kier alpha value is -1.23. The molecule has 0 aromatic carbocycles. The molecule has 1 aromatic heterocycles. The quantitative estimate of drug-likeness (QED) is 0.583. The van der Waals surface area contributed by atoms with Crippen molar-refractivity contribution in [2.75, 3.05) is 6.61 Å². The Morgan fingerprint density at radius 3 is 2.94 bits per heavy atom. The van der Waals surface area contributed by atoms with E-state index < -0.39 is 0 Å². The summed E-state index contributed by atoms with van der Waals surface area (Å²) in [7, 11) is 0. The maximum atomic E-state index is 5.46. The van der Waals surface area contributed by atoms with Crippen molar-refractivity contribution in [3.8, 4) is 6.01 Å². The molecule has 88 valence electrons. The zero-order valence-corrected chi connectivity index (χ0v) is 10.3. The van der Waals surface area contributed by atoms with E-state index in [9.17, 15) is 0 Å². The van der Waals surface area contributed by atoms with Crippen LogP contribution in [0.15, 0.2) is 12.3 Å². The highest BCUT2D eigenvalue weighted by molar-refractivity contribution is 7.80. The summed E-state index contributed by atoms with van der Waals surface area (Å²) in [5.41, 5.74) is 6.01. The fourth-order valence-electron chi connectivity index (χ4n) is 1.24. The third-order valence-electron chi connectivity index (χ3n) is 2.11. The summed E-state index contributed by atoms with van der Waals surface area (Å²) in [4.78, 5) is 8.34. The van der Waals surface area contributed by atoms with Gasteiger partial charge in [0, 0.05) is 6.20 Å². The second kappa shape index (κ2) is 7.11. The molecule has 0 saturated carbocycles. The van der Waals surface area contributed by atoms with Crippen LogP contribution in [-0.4, -0.2) is 21.6 Å². The van der Waals surface area contributed by atoms with Crippen molar-refractivity contribution < 1.29 is 4.74 Å². The first kappa shape index (κ1) is 12.8. The van der Waals surface area contributed by atoms with E-state index >= 15 is 0 Å². The van der Waals surface area contributed by atoms with E-state index in [2.05, 4.69) is 16.9 Å². The summed E-state index contributed by atoms with van der Waals surface area (Å²) in [6.07, 6.45) is 6.24. The number of hydrogen-bond donors (Lipinski definition) is 1. The summed E-state index contributed by atoms with van der Waals surface area (Å²) >= 11 is 4.82. The first-order valence-corrected chi connectivity index (χ1v) is 5.90. The van der Waals surface area contributed by atoms with Gasteiger partial charge in [0.2, 0.25) is 0 Å². The SMILES string of the molecule is CCCCCCOc1nccc(C(N)=S)n1. The Labute approximate surface area is 101 Å². The summed E-state index contributed by atoms with van der Waals surface area (Å²) in [6.45, 7) is 2.82. The van der Waals surface area contributed by atoms with Crippen molar-refractivity contribution >= 4 is 17.2 Å². The molecule has 0 amide bonds. The van der Waals surface area contributed by atoms with Gasteiger partial charge in [0.15, 0.2) is 0 Å². The molecule has 1 aromatic rings. The summed E-state index contributed by atoms with van der Waals surface area (Å²) in [5, 5.41) is 0. The summed E-state index contributed by atoms with van der Waals surface area (Å²) in [6, 6.07) is 2.02. The van der Waals surface area contributed by atoms with Crippen molar-refractivity contribution in [3.05, 3.63) is 18.0 Å². The highest BCUT2D eigenvalue weighted by Crippen LogP contribution is 2.05. The van der Waals surface area contributed by atoms with Crippen LogP contribution >= 0.6 is 12.2 Å². The predicted molar refractivity (Wildman–Crippen MR) is 67.6 cm³/mol. The molecular formula is C11H17N3OS. The second-order valence-electron chi connectivity index (χ2n) is 3.50. The number of hydrogen-bond acceptors (Lipinski definition) is 4. The molecule has 0 aliphatic heterocycles.